The van der Waals surface area contributed by atoms with Crippen LogP contribution in [0.25, 0.3) is 0 Å². The van der Waals surface area contributed by atoms with E-state index in [9.17, 15) is 4.79 Å². The monoisotopic (exact) mass is 280 g/mol. The third kappa shape index (κ3) is 7.07. The number of nitrogens with one attached hydrogen (secondary N) is 1. The minimum Gasteiger partial charge on any atom is -0.396 e. The standard InChI is InChI=1S/C15H28N4O/c1-5-8-12(9-6-2)10-19-15(20)14(17-4)13(16)11-18-7-3/h11-12H,4-10,16H2,1-3H3,(H,19,20)/b14-13+,18-11?. The van der Waals surface area contributed by atoms with Crippen LogP contribution in [0.3, 0.4) is 0 Å². The smallest absolute Gasteiger partial charge is 0.272 e. The van der Waals surface area contributed by atoms with Crippen LogP contribution in [0.1, 0.15) is 46.5 Å². The molecule has 0 fully saturated rings. The van der Waals surface area contributed by atoms with E-state index in [2.05, 4.69) is 35.9 Å². The summed E-state index contributed by atoms with van der Waals surface area (Å²) in [5.41, 5.74) is 6.17. The van der Waals surface area contributed by atoms with Gasteiger partial charge < -0.3 is 11.1 Å². The summed E-state index contributed by atoms with van der Waals surface area (Å²) in [6.07, 6.45) is 5.92. The van der Waals surface area contributed by atoms with E-state index in [1.54, 1.807) is 0 Å². The van der Waals surface area contributed by atoms with Crippen molar-refractivity contribution in [1.29, 1.82) is 0 Å². The van der Waals surface area contributed by atoms with Gasteiger partial charge in [0.05, 0.1) is 5.70 Å². The highest BCUT2D eigenvalue weighted by molar-refractivity contribution is 5.99. The van der Waals surface area contributed by atoms with Crippen molar-refractivity contribution in [3.8, 4) is 0 Å². The number of rotatable bonds is 10. The molecule has 0 radical (unpaired) electrons. The number of hydrogen-bond donors (Lipinski definition) is 2. The maximum atomic E-state index is 12.0. The average Bonchev–Trinajstić information content (AvgIpc) is 2.43. The molecule has 0 atom stereocenters. The Morgan fingerprint density at radius 3 is 2.35 bits per heavy atom. The highest BCUT2D eigenvalue weighted by Gasteiger charge is 2.13. The van der Waals surface area contributed by atoms with Crippen LogP contribution in [0, 0.1) is 5.92 Å². The van der Waals surface area contributed by atoms with Gasteiger partial charge in [-0.1, -0.05) is 26.7 Å². The van der Waals surface area contributed by atoms with Crippen molar-refractivity contribution in [2.75, 3.05) is 13.1 Å². The largest absolute Gasteiger partial charge is 0.396 e. The van der Waals surface area contributed by atoms with E-state index in [-0.39, 0.29) is 17.3 Å². The molecule has 0 rings (SSSR count). The fourth-order valence-corrected chi connectivity index (χ4v) is 2.03. The first-order valence-corrected chi connectivity index (χ1v) is 7.35. The average molecular weight is 280 g/mol. The van der Waals surface area contributed by atoms with E-state index in [4.69, 9.17) is 5.73 Å². The molecule has 3 N–H and O–H groups in total. The molecule has 114 valence electrons. The molecule has 0 aromatic rings. The second kappa shape index (κ2) is 11.2. The molecular weight excluding hydrogens is 252 g/mol. The highest BCUT2D eigenvalue weighted by Crippen LogP contribution is 2.12. The van der Waals surface area contributed by atoms with E-state index in [1.807, 2.05) is 6.92 Å². The predicted octanol–water partition coefficient (Wildman–Crippen LogP) is 2.28. The van der Waals surface area contributed by atoms with Crippen LogP contribution in [0.4, 0.5) is 0 Å². The third-order valence-electron chi connectivity index (χ3n) is 3.00. The van der Waals surface area contributed by atoms with E-state index in [1.165, 1.54) is 6.21 Å². The zero-order chi connectivity index (χ0) is 15.4. The second-order valence-corrected chi connectivity index (χ2v) is 4.74. The molecule has 0 aromatic carbocycles. The summed E-state index contributed by atoms with van der Waals surface area (Å²) in [6.45, 7) is 10.9. The Balaban J connectivity index is 4.62. The molecule has 0 saturated heterocycles. The Labute approximate surface area is 122 Å². The molecule has 0 bridgehead atoms. The van der Waals surface area contributed by atoms with Crippen LogP contribution in [-0.4, -0.2) is 31.9 Å². The maximum absolute atomic E-state index is 12.0. The van der Waals surface area contributed by atoms with Gasteiger partial charge in [0.1, 0.15) is 0 Å². The van der Waals surface area contributed by atoms with E-state index in [0.717, 1.165) is 25.7 Å². The lowest BCUT2D eigenvalue weighted by Crippen LogP contribution is -2.31. The summed E-state index contributed by atoms with van der Waals surface area (Å²) in [5, 5.41) is 2.89. The molecule has 1 amide bonds. The first-order chi connectivity index (χ1) is 9.60. The van der Waals surface area contributed by atoms with E-state index < -0.39 is 0 Å². The lowest BCUT2D eigenvalue weighted by atomic mass is 9.98. The molecule has 5 nitrogen and oxygen atoms in total. The molecule has 0 aliphatic carbocycles. The Kier molecular flexibility index (Phi) is 10.3. The van der Waals surface area contributed by atoms with Gasteiger partial charge in [-0.2, -0.15) is 0 Å². The van der Waals surface area contributed by atoms with Crippen molar-refractivity contribution < 1.29 is 4.79 Å². The topological polar surface area (TPSA) is 79.8 Å². The summed E-state index contributed by atoms with van der Waals surface area (Å²) >= 11 is 0. The minimum absolute atomic E-state index is 0.147. The van der Waals surface area contributed by atoms with Gasteiger partial charge >= 0.3 is 0 Å². The number of amides is 1. The van der Waals surface area contributed by atoms with Crippen molar-refractivity contribution in [2.24, 2.45) is 21.6 Å². The lowest BCUT2D eigenvalue weighted by molar-refractivity contribution is -0.117. The van der Waals surface area contributed by atoms with Gasteiger partial charge in [0.2, 0.25) is 0 Å². The van der Waals surface area contributed by atoms with E-state index in [0.29, 0.717) is 19.0 Å². The number of nitrogens with two attached hydrogens (primary N) is 1. The summed E-state index contributed by atoms with van der Waals surface area (Å²) < 4.78 is 0. The van der Waals surface area contributed by atoms with Crippen molar-refractivity contribution >= 4 is 18.8 Å². The van der Waals surface area contributed by atoms with Crippen LogP contribution < -0.4 is 11.1 Å². The van der Waals surface area contributed by atoms with Crippen molar-refractivity contribution in [1.82, 2.24) is 5.32 Å². The molecule has 0 unspecified atom stereocenters. The molecule has 0 spiro atoms. The van der Waals surface area contributed by atoms with Gasteiger partial charge in [0.15, 0.2) is 5.70 Å². The lowest BCUT2D eigenvalue weighted by Gasteiger charge is -2.16. The predicted molar refractivity (Wildman–Crippen MR) is 86.1 cm³/mol. The molecule has 0 aromatic heterocycles. The number of carbonyl (C=O) groups is 1. The Morgan fingerprint density at radius 1 is 1.30 bits per heavy atom. The van der Waals surface area contributed by atoms with Crippen LogP contribution in [0.2, 0.25) is 0 Å². The van der Waals surface area contributed by atoms with Crippen molar-refractivity contribution in [3.63, 3.8) is 0 Å². The summed E-state index contributed by atoms with van der Waals surface area (Å²) in [4.78, 5) is 19.8. The Hall–Kier alpha value is -1.65. The summed E-state index contributed by atoms with van der Waals surface area (Å²) in [7, 11) is 0. The van der Waals surface area contributed by atoms with Crippen LogP contribution >= 0.6 is 0 Å². The fourth-order valence-electron chi connectivity index (χ4n) is 2.03. The van der Waals surface area contributed by atoms with Crippen molar-refractivity contribution in [2.45, 2.75) is 46.5 Å². The van der Waals surface area contributed by atoms with Gasteiger partial charge in [-0.25, -0.2) is 0 Å². The highest BCUT2D eigenvalue weighted by atomic mass is 16.2. The Morgan fingerprint density at radius 2 is 1.90 bits per heavy atom. The van der Waals surface area contributed by atoms with Gasteiger partial charge in [-0.3, -0.25) is 14.8 Å². The van der Waals surface area contributed by atoms with Crippen LogP contribution in [0.15, 0.2) is 21.4 Å². The number of carbonyl (C=O) groups excluding carboxylic acids is 1. The maximum Gasteiger partial charge on any atom is 0.272 e. The number of allylic oxidation sites excluding steroid dienone is 1. The van der Waals surface area contributed by atoms with Gasteiger partial charge in [0.25, 0.3) is 5.91 Å². The number of aliphatic imine (C=N–C) groups is 2. The summed E-state index contributed by atoms with van der Waals surface area (Å²) in [6, 6.07) is 0. The molecular formula is C15H28N4O. The second-order valence-electron chi connectivity index (χ2n) is 4.74. The SMILES string of the molecule is C=N/C(C(=O)NCC(CCC)CCC)=C(/N)C=NCC. The minimum atomic E-state index is -0.280. The summed E-state index contributed by atoms with van der Waals surface area (Å²) in [5.74, 6) is 0.225. The fraction of sp³-hybridized carbons (Fsp3) is 0.667. The molecule has 0 aliphatic rings. The first kappa shape index (κ1) is 18.4. The zero-order valence-corrected chi connectivity index (χ0v) is 13.0. The van der Waals surface area contributed by atoms with Crippen molar-refractivity contribution in [3.05, 3.63) is 11.4 Å². The number of nitrogens with zero attached hydrogens (tertiary/aromatic N) is 2. The van der Waals surface area contributed by atoms with Gasteiger partial charge in [-0.15, -0.1) is 0 Å². The van der Waals surface area contributed by atoms with Gasteiger partial charge in [-0.05, 0) is 32.4 Å². The normalized spacial score (nSPS) is 12.6. The molecule has 20 heavy (non-hydrogen) atoms. The molecule has 5 heteroatoms. The quantitative estimate of drug-likeness (QED) is 0.475. The third-order valence-corrected chi connectivity index (χ3v) is 3.00. The van der Waals surface area contributed by atoms with Crippen LogP contribution in [0.5, 0.6) is 0 Å². The number of hydrogen-bond acceptors (Lipinski definition) is 4. The van der Waals surface area contributed by atoms with Crippen LogP contribution in [-0.2, 0) is 4.79 Å². The van der Waals surface area contributed by atoms with Gasteiger partial charge in [0, 0.05) is 19.3 Å². The Bertz CT molecular complexity index is 355. The molecule has 0 heterocycles. The molecule has 0 aliphatic heterocycles. The molecule has 0 saturated carbocycles. The van der Waals surface area contributed by atoms with E-state index >= 15 is 0 Å². The first-order valence-electron chi connectivity index (χ1n) is 7.35. The zero-order valence-electron chi connectivity index (χ0n) is 13.0.